The molecule has 0 fully saturated rings. The van der Waals surface area contributed by atoms with E-state index in [9.17, 15) is 8.42 Å². The fourth-order valence-corrected chi connectivity index (χ4v) is 4.37. The van der Waals surface area contributed by atoms with Crippen molar-refractivity contribution in [3.8, 4) is 0 Å². The minimum atomic E-state index is -3.52. The molecule has 8 heteroatoms. The van der Waals surface area contributed by atoms with Crippen LogP contribution in [0.15, 0.2) is 33.1 Å². The van der Waals surface area contributed by atoms with Gasteiger partial charge < -0.3 is 9.67 Å². The van der Waals surface area contributed by atoms with Crippen LogP contribution in [-0.4, -0.2) is 24.6 Å². The lowest BCUT2D eigenvalue weighted by Crippen LogP contribution is -2.25. The van der Waals surface area contributed by atoms with Gasteiger partial charge in [-0.2, -0.15) is 0 Å². The molecule has 0 aliphatic rings. The van der Waals surface area contributed by atoms with Crippen molar-refractivity contribution in [1.29, 1.82) is 0 Å². The highest BCUT2D eigenvalue weighted by atomic mass is 79.9. The van der Waals surface area contributed by atoms with E-state index in [4.69, 9.17) is 5.11 Å². The van der Waals surface area contributed by atoms with E-state index in [1.54, 1.807) is 23.0 Å². The van der Waals surface area contributed by atoms with Gasteiger partial charge in [-0.3, -0.25) is 0 Å². The van der Waals surface area contributed by atoms with Crippen LogP contribution >= 0.6 is 27.3 Å². The number of nitrogens with one attached hydrogen (secondary N) is 1. The van der Waals surface area contributed by atoms with E-state index in [2.05, 4.69) is 20.7 Å². The Kier molecular flexibility index (Phi) is 5.03. The Hall–Kier alpha value is -0.670. The van der Waals surface area contributed by atoms with E-state index in [-0.39, 0.29) is 11.5 Å². The third-order valence-corrected chi connectivity index (χ3v) is 5.96. The molecule has 2 heterocycles. The average molecular weight is 379 g/mol. The molecule has 0 atom stereocenters. The molecular formula is C12H15BrN2O3S2. The normalized spacial score (nSPS) is 11.9. The number of aromatic nitrogens is 1. The second kappa shape index (κ2) is 6.40. The van der Waals surface area contributed by atoms with E-state index in [1.165, 1.54) is 12.3 Å². The fourth-order valence-electron chi connectivity index (χ4n) is 1.76. The zero-order chi connectivity index (χ0) is 14.8. The molecule has 0 unspecified atom stereocenters. The fraction of sp³-hybridized carbons (Fsp3) is 0.333. The lowest BCUT2D eigenvalue weighted by molar-refractivity contribution is 0.272. The zero-order valence-corrected chi connectivity index (χ0v) is 14.1. The minimum absolute atomic E-state index is 0.177. The third kappa shape index (κ3) is 3.70. The molecule has 2 aromatic rings. The van der Waals surface area contributed by atoms with Crippen molar-refractivity contribution in [2.24, 2.45) is 7.05 Å². The summed E-state index contributed by atoms with van der Waals surface area (Å²) in [7, 11) is -1.82. The van der Waals surface area contributed by atoms with Crippen molar-refractivity contribution in [3.63, 3.8) is 0 Å². The Labute approximate surface area is 130 Å². The maximum Gasteiger partial charge on any atom is 0.242 e. The van der Waals surface area contributed by atoms with Crippen molar-refractivity contribution < 1.29 is 13.5 Å². The molecule has 2 aromatic heterocycles. The van der Waals surface area contributed by atoms with Gasteiger partial charge in [-0.15, -0.1) is 11.3 Å². The van der Waals surface area contributed by atoms with Gasteiger partial charge >= 0.3 is 0 Å². The summed E-state index contributed by atoms with van der Waals surface area (Å²) in [4.78, 5) is 1.29. The van der Waals surface area contributed by atoms with Crippen LogP contribution in [0.5, 0.6) is 0 Å². The predicted molar refractivity (Wildman–Crippen MR) is 82.2 cm³/mol. The molecule has 0 bridgehead atoms. The van der Waals surface area contributed by atoms with E-state index in [1.807, 2.05) is 12.1 Å². The van der Waals surface area contributed by atoms with Crippen molar-refractivity contribution in [2.75, 3.05) is 6.54 Å². The largest absolute Gasteiger partial charge is 0.390 e. The Morgan fingerprint density at radius 1 is 1.45 bits per heavy atom. The van der Waals surface area contributed by atoms with E-state index < -0.39 is 10.0 Å². The van der Waals surface area contributed by atoms with E-state index in [0.717, 1.165) is 8.66 Å². The number of halogens is 1. The molecule has 2 N–H and O–H groups in total. The van der Waals surface area contributed by atoms with E-state index >= 15 is 0 Å². The molecule has 20 heavy (non-hydrogen) atoms. The van der Waals surface area contributed by atoms with Gasteiger partial charge in [0, 0.05) is 30.4 Å². The van der Waals surface area contributed by atoms with Crippen LogP contribution in [-0.2, 0) is 30.1 Å². The van der Waals surface area contributed by atoms with Crippen molar-refractivity contribution in [1.82, 2.24) is 9.29 Å². The SMILES string of the molecule is Cn1cc(S(=O)(=O)NCCc2ccc(Br)s2)cc1CO. The highest BCUT2D eigenvalue weighted by Gasteiger charge is 2.16. The number of nitrogens with zero attached hydrogens (tertiary/aromatic N) is 1. The van der Waals surface area contributed by atoms with Crippen LogP contribution in [0.4, 0.5) is 0 Å². The second-order valence-corrected chi connectivity index (χ2v) is 8.60. The first-order chi connectivity index (χ1) is 9.42. The summed E-state index contributed by atoms with van der Waals surface area (Å²) in [5, 5.41) is 9.09. The highest BCUT2D eigenvalue weighted by molar-refractivity contribution is 9.11. The molecule has 0 spiro atoms. The van der Waals surface area contributed by atoms with Crippen LogP contribution in [0.2, 0.25) is 0 Å². The Morgan fingerprint density at radius 2 is 2.20 bits per heavy atom. The number of sulfonamides is 1. The summed E-state index contributed by atoms with van der Waals surface area (Å²) in [6.45, 7) is 0.161. The van der Waals surface area contributed by atoms with Crippen molar-refractivity contribution >= 4 is 37.3 Å². The molecule has 0 aliphatic heterocycles. The van der Waals surface area contributed by atoms with Gasteiger partial charge in [0.15, 0.2) is 0 Å². The van der Waals surface area contributed by atoms with Gasteiger partial charge in [-0.1, -0.05) is 0 Å². The summed E-state index contributed by atoms with van der Waals surface area (Å²) >= 11 is 4.96. The third-order valence-electron chi connectivity index (χ3n) is 2.85. The number of aryl methyl sites for hydroxylation is 1. The maximum absolute atomic E-state index is 12.1. The molecule has 0 aliphatic carbocycles. The minimum Gasteiger partial charge on any atom is -0.390 e. The molecule has 0 radical (unpaired) electrons. The van der Waals surface area contributed by atoms with Crippen molar-refractivity contribution in [3.05, 3.63) is 38.8 Å². The molecular weight excluding hydrogens is 364 g/mol. The number of aliphatic hydroxyl groups is 1. The zero-order valence-electron chi connectivity index (χ0n) is 10.8. The standard InChI is InChI=1S/C12H15BrN2O3S2/c1-15-7-11(6-9(15)8-16)20(17,18)14-5-4-10-2-3-12(13)19-10/h2-3,6-7,14,16H,4-5,8H2,1H3. The number of rotatable bonds is 6. The van der Waals surface area contributed by atoms with Crippen LogP contribution in [0.25, 0.3) is 0 Å². The number of hydrogen-bond donors (Lipinski definition) is 2. The second-order valence-electron chi connectivity index (χ2n) is 4.29. The van der Waals surface area contributed by atoms with Crippen LogP contribution in [0, 0.1) is 0 Å². The summed E-state index contributed by atoms with van der Waals surface area (Å²) in [6.07, 6.45) is 2.14. The molecule has 5 nitrogen and oxygen atoms in total. The molecule has 110 valence electrons. The average Bonchev–Trinajstić information content (AvgIpc) is 2.95. The maximum atomic E-state index is 12.1. The Morgan fingerprint density at radius 3 is 2.75 bits per heavy atom. The van der Waals surface area contributed by atoms with Crippen LogP contribution < -0.4 is 4.72 Å². The summed E-state index contributed by atoms with van der Waals surface area (Å²) in [5.41, 5.74) is 0.563. The molecule has 0 saturated heterocycles. The van der Waals surface area contributed by atoms with Crippen molar-refractivity contribution in [2.45, 2.75) is 17.9 Å². The molecule has 0 aromatic carbocycles. The smallest absolute Gasteiger partial charge is 0.242 e. The Balaban J connectivity index is 2.00. The van der Waals surface area contributed by atoms with E-state index in [0.29, 0.717) is 18.7 Å². The molecule has 0 amide bonds. The summed E-state index contributed by atoms with van der Waals surface area (Å²) < 4.78 is 29.4. The lowest BCUT2D eigenvalue weighted by Gasteiger charge is -2.03. The monoisotopic (exact) mass is 378 g/mol. The van der Waals surface area contributed by atoms with Gasteiger partial charge in [0.25, 0.3) is 0 Å². The molecule has 2 rings (SSSR count). The lowest BCUT2D eigenvalue weighted by atomic mass is 10.3. The number of aliphatic hydroxyl groups excluding tert-OH is 1. The Bertz CT molecular complexity index is 691. The van der Waals surface area contributed by atoms with Gasteiger partial charge in [0.2, 0.25) is 10.0 Å². The van der Waals surface area contributed by atoms with Gasteiger partial charge in [0.1, 0.15) is 0 Å². The van der Waals surface area contributed by atoms with Crippen LogP contribution in [0.1, 0.15) is 10.6 Å². The van der Waals surface area contributed by atoms with Gasteiger partial charge in [0.05, 0.1) is 15.3 Å². The summed E-state index contributed by atoms with van der Waals surface area (Å²) in [5.74, 6) is 0. The van der Waals surface area contributed by atoms with Gasteiger partial charge in [-0.25, -0.2) is 13.1 Å². The topological polar surface area (TPSA) is 71.3 Å². The predicted octanol–water partition coefficient (Wildman–Crippen LogP) is 1.86. The van der Waals surface area contributed by atoms with Crippen LogP contribution in [0.3, 0.4) is 0 Å². The highest BCUT2D eigenvalue weighted by Crippen LogP contribution is 2.22. The number of hydrogen-bond acceptors (Lipinski definition) is 4. The molecule has 0 saturated carbocycles. The number of thiophene rings is 1. The first-order valence-corrected chi connectivity index (χ1v) is 9.01. The van der Waals surface area contributed by atoms with Gasteiger partial charge in [-0.05, 0) is 40.5 Å². The quantitative estimate of drug-likeness (QED) is 0.805. The first-order valence-electron chi connectivity index (χ1n) is 5.92. The summed E-state index contributed by atoms with van der Waals surface area (Å²) in [6, 6.07) is 5.39. The first kappa shape index (κ1) is 15.7.